The summed E-state index contributed by atoms with van der Waals surface area (Å²) in [7, 11) is 1.57. The summed E-state index contributed by atoms with van der Waals surface area (Å²) >= 11 is 8.56. The molecule has 0 atom stereocenters. The maximum atomic E-state index is 12.8. The van der Waals surface area contributed by atoms with Crippen molar-refractivity contribution < 1.29 is 19.1 Å². The van der Waals surface area contributed by atoms with Gasteiger partial charge in [-0.1, -0.05) is 30.0 Å². The molecule has 0 unspecified atom stereocenters. The number of nitrogens with zero attached hydrogens (tertiary/aromatic N) is 1. The van der Waals surface area contributed by atoms with Crippen LogP contribution in [0.5, 0.6) is 11.5 Å². The van der Waals surface area contributed by atoms with Crippen LogP contribution >= 0.6 is 46.6 Å². The van der Waals surface area contributed by atoms with Crippen molar-refractivity contribution in [2.45, 2.75) is 6.92 Å². The van der Waals surface area contributed by atoms with Crippen molar-refractivity contribution in [1.29, 1.82) is 0 Å². The van der Waals surface area contributed by atoms with Crippen molar-refractivity contribution in [1.82, 2.24) is 10.4 Å². The van der Waals surface area contributed by atoms with Gasteiger partial charge >= 0.3 is 0 Å². The van der Waals surface area contributed by atoms with Gasteiger partial charge in [0.25, 0.3) is 11.8 Å². The molecule has 2 aromatic carbocycles. The maximum Gasteiger partial charge on any atom is 0.285 e. The average molecular weight is 540 g/mol. The molecule has 9 heteroatoms. The number of rotatable bonds is 6. The summed E-state index contributed by atoms with van der Waals surface area (Å²) in [5.41, 5.74) is 3.78. The van der Waals surface area contributed by atoms with E-state index < -0.39 is 5.91 Å². The predicted octanol–water partition coefficient (Wildman–Crippen LogP) is 4.24. The molecule has 1 aliphatic rings. The molecular formula is C20H17IN2O4S2. The maximum absolute atomic E-state index is 12.8. The smallest absolute Gasteiger partial charge is 0.285 e. The molecule has 1 N–H and O–H groups in total. The van der Waals surface area contributed by atoms with E-state index in [1.807, 2.05) is 19.1 Å². The van der Waals surface area contributed by atoms with Crippen molar-refractivity contribution in [3.63, 3.8) is 0 Å². The highest BCUT2D eigenvalue weighted by molar-refractivity contribution is 14.1. The van der Waals surface area contributed by atoms with Gasteiger partial charge in [-0.25, -0.2) is 0 Å². The SMILES string of the molecule is CCOc1c(I)cc(/C=C2/SC(=S)N(NC(=O)c3ccccc3)C2=O)cc1OC. The van der Waals surface area contributed by atoms with Crippen LogP contribution in [0.3, 0.4) is 0 Å². The quantitative estimate of drug-likeness (QED) is 0.336. The molecule has 0 radical (unpaired) electrons. The van der Waals surface area contributed by atoms with Gasteiger partial charge in [0.15, 0.2) is 15.8 Å². The van der Waals surface area contributed by atoms with Gasteiger partial charge in [-0.05, 0) is 77.6 Å². The number of hydrazine groups is 1. The van der Waals surface area contributed by atoms with Crippen molar-refractivity contribution in [2.24, 2.45) is 0 Å². The van der Waals surface area contributed by atoms with Gasteiger partial charge in [0.05, 0.1) is 22.2 Å². The van der Waals surface area contributed by atoms with Gasteiger partial charge in [0.1, 0.15) is 0 Å². The van der Waals surface area contributed by atoms with Gasteiger partial charge in [-0.15, -0.1) is 0 Å². The number of halogens is 1. The van der Waals surface area contributed by atoms with Crippen molar-refractivity contribution in [3.8, 4) is 11.5 Å². The topological polar surface area (TPSA) is 67.9 Å². The number of methoxy groups -OCH3 is 1. The molecule has 1 saturated heterocycles. The Bertz CT molecular complexity index is 995. The minimum Gasteiger partial charge on any atom is -0.493 e. The Morgan fingerprint density at radius 2 is 2.03 bits per heavy atom. The second-order valence-electron chi connectivity index (χ2n) is 5.79. The number of benzene rings is 2. The lowest BCUT2D eigenvalue weighted by Crippen LogP contribution is -2.44. The first-order chi connectivity index (χ1) is 13.9. The first-order valence-corrected chi connectivity index (χ1v) is 10.9. The van der Waals surface area contributed by atoms with Crippen LogP contribution in [-0.2, 0) is 4.79 Å². The Morgan fingerprint density at radius 1 is 1.31 bits per heavy atom. The van der Waals surface area contributed by atoms with Crippen LogP contribution < -0.4 is 14.9 Å². The number of amides is 2. The summed E-state index contributed by atoms with van der Waals surface area (Å²) in [5.74, 6) is 0.459. The highest BCUT2D eigenvalue weighted by atomic mass is 127. The number of carbonyl (C=O) groups excluding carboxylic acids is 2. The fourth-order valence-electron chi connectivity index (χ4n) is 2.58. The Balaban J connectivity index is 1.83. The fourth-order valence-corrected chi connectivity index (χ4v) is 4.54. The molecule has 1 heterocycles. The molecule has 2 amide bonds. The summed E-state index contributed by atoms with van der Waals surface area (Å²) in [6.07, 6.45) is 1.72. The highest BCUT2D eigenvalue weighted by Crippen LogP contribution is 2.37. The Hall–Kier alpha value is -2.11. The van der Waals surface area contributed by atoms with Crippen LogP contribution in [0.15, 0.2) is 47.4 Å². The van der Waals surface area contributed by atoms with E-state index in [2.05, 4.69) is 28.0 Å². The Morgan fingerprint density at radius 3 is 2.69 bits per heavy atom. The molecule has 150 valence electrons. The largest absolute Gasteiger partial charge is 0.493 e. The molecule has 6 nitrogen and oxygen atoms in total. The lowest BCUT2D eigenvalue weighted by molar-refractivity contribution is -0.123. The van der Waals surface area contributed by atoms with Gasteiger partial charge in [0.2, 0.25) is 0 Å². The summed E-state index contributed by atoms with van der Waals surface area (Å²) in [5, 5.41) is 1.10. The second kappa shape index (κ2) is 9.59. The third-order valence-corrected chi connectivity index (χ3v) is 5.98. The van der Waals surface area contributed by atoms with Crippen LogP contribution in [-0.4, -0.2) is 34.9 Å². The van der Waals surface area contributed by atoms with Gasteiger partial charge in [-0.3, -0.25) is 15.0 Å². The van der Waals surface area contributed by atoms with Gasteiger partial charge < -0.3 is 9.47 Å². The second-order valence-corrected chi connectivity index (χ2v) is 8.63. The van der Waals surface area contributed by atoms with E-state index in [0.29, 0.717) is 28.6 Å². The normalized spacial score (nSPS) is 15.0. The number of carbonyl (C=O) groups is 2. The fraction of sp³-hybridized carbons (Fsp3) is 0.150. The van der Waals surface area contributed by atoms with Gasteiger partial charge in [0, 0.05) is 5.56 Å². The number of hydrogen-bond acceptors (Lipinski definition) is 6. The summed E-state index contributed by atoms with van der Waals surface area (Å²) in [4.78, 5) is 25.5. The van der Waals surface area contributed by atoms with Crippen LogP contribution in [0.2, 0.25) is 0 Å². The summed E-state index contributed by atoms with van der Waals surface area (Å²) < 4.78 is 12.2. The average Bonchev–Trinajstić information content (AvgIpc) is 2.97. The minimum absolute atomic E-state index is 0.262. The van der Waals surface area contributed by atoms with E-state index in [1.165, 1.54) is 0 Å². The lowest BCUT2D eigenvalue weighted by atomic mass is 10.2. The van der Waals surface area contributed by atoms with E-state index in [9.17, 15) is 9.59 Å². The molecule has 1 fully saturated rings. The zero-order valence-corrected chi connectivity index (χ0v) is 19.4. The third kappa shape index (κ3) is 4.90. The first kappa shape index (κ1) is 21.6. The zero-order valence-electron chi connectivity index (χ0n) is 15.6. The van der Waals surface area contributed by atoms with Crippen LogP contribution in [0.1, 0.15) is 22.8 Å². The molecule has 0 saturated carbocycles. The minimum atomic E-state index is -0.402. The molecule has 2 aromatic rings. The first-order valence-electron chi connectivity index (χ1n) is 8.59. The number of nitrogens with one attached hydrogen (secondary N) is 1. The molecule has 0 aromatic heterocycles. The van der Waals surface area contributed by atoms with E-state index in [4.69, 9.17) is 21.7 Å². The van der Waals surface area contributed by atoms with Crippen LogP contribution in [0.4, 0.5) is 0 Å². The van der Waals surface area contributed by atoms with E-state index in [-0.39, 0.29) is 10.2 Å². The molecule has 0 spiro atoms. The van der Waals surface area contributed by atoms with E-state index in [0.717, 1.165) is 25.9 Å². The number of ether oxygens (including phenoxy) is 2. The Labute approximate surface area is 191 Å². The molecule has 3 rings (SSSR count). The molecule has 1 aliphatic heterocycles. The monoisotopic (exact) mass is 540 g/mol. The molecule has 0 bridgehead atoms. The summed E-state index contributed by atoms with van der Waals surface area (Å²) in [6.45, 7) is 2.42. The number of thiocarbonyl (C=S) groups is 1. The Kier molecular flexibility index (Phi) is 7.14. The molecule has 29 heavy (non-hydrogen) atoms. The van der Waals surface area contributed by atoms with Crippen molar-refractivity contribution >= 4 is 68.8 Å². The zero-order chi connectivity index (χ0) is 21.0. The van der Waals surface area contributed by atoms with Crippen LogP contribution in [0, 0.1) is 3.57 Å². The third-order valence-electron chi connectivity index (χ3n) is 3.88. The standard InChI is InChI=1S/C20H17IN2O4S2/c1-3-27-17-14(21)9-12(10-15(17)26-2)11-16-19(25)23(20(28)29-16)22-18(24)13-7-5-4-6-8-13/h4-11H,3H2,1-2H3,(H,22,24)/b16-11+. The molecular weight excluding hydrogens is 523 g/mol. The van der Waals surface area contributed by atoms with E-state index >= 15 is 0 Å². The van der Waals surface area contributed by atoms with Crippen molar-refractivity contribution in [2.75, 3.05) is 13.7 Å². The summed E-state index contributed by atoms with van der Waals surface area (Å²) in [6, 6.07) is 12.3. The highest BCUT2D eigenvalue weighted by Gasteiger charge is 2.33. The molecule has 0 aliphatic carbocycles. The number of thioether (sulfide) groups is 1. The van der Waals surface area contributed by atoms with E-state index in [1.54, 1.807) is 43.5 Å². The predicted molar refractivity (Wildman–Crippen MR) is 126 cm³/mol. The van der Waals surface area contributed by atoms with Gasteiger partial charge in [-0.2, -0.15) is 5.01 Å². The number of hydrogen-bond donors (Lipinski definition) is 1. The lowest BCUT2D eigenvalue weighted by Gasteiger charge is -2.15. The van der Waals surface area contributed by atoms with Crippen molar-refractivity contribution in [3.05, 3.63) is 62.1 Å². The van der Waals surface area contributed by atoms with Crippen LogP contribution in [0.25, 0.3) is 6.08 Å².